The first-order valence-electron chi connectivity index (χ1n) is 9.93. The molecule has 0 saturated carbocycles. The molecule has 2 aromatic heterocycles. The molecule has 0 unspecified atom stereocenters. The van der Waals surface area contributed by atoms with E-state index in [4.69, 9.17) is 4.52 Å². The average molecular weight is 391 g/mol. The lowest BCUT2D eigenvalue weighted by Crippen LogP contribution is -2.37. The highest BCUT2D eigenvalue weighted by molar-refractivity contribution is 5.91. The van der Waals surface area contributed by atoms with Crippen molar-refractivity contribution >= 4 is 11.7 Å². The summed E-state index contributed by atoms with van der Waals surface area (Å²) in [6.07, 6.45) is 3.36. The molecule has 0 bridgehead atoms. The maximum atomic E-state index is 12.5. The molecule has 150 valence electrons. The lowest BCUT2D eigenvalue weighted by Gasteiger charge is -2.30. The molecule has 1 aliphatic heterocycles. The van der Waals surface area contributed by atoms with Crippen LogP contribution in [0.5, 0.6) is 0 Å². The van der Waals surface area contributed by atoms with Gasteiger partial charge in [-0.25, -0.2) is 4.98 Å². The number of aromatic nitrogens is 3. The van der Waals surface area contributed by atoms with E-state index in [-0.39, 0.29) is 11.8 Å². The number of pyridine rings is 1. The molecule has 3 aromatic rings. The summed E-state index contributed by atoms with van der Waals surface area (Å²) in [5.41, 5.74) is 3.18. The third kappa shape index (κ3) is 4.68. The Morgan fingerprint density at radius 3 is 2.69 bits per heavy atom. The van der Waals surface area contributed by atoms with Crippen molar-refractivity contribution in [3.05, 3.63) is 59.6 Å². The number of nitrogens with one attached hydrogen (secondary N) is 1. The van der Waals surface area contributed by atoms with Gasteiger partial charge in [-0.2, -0.15) is 4.98 Å². The molecule has 7 nitrogen and oxygen atoms in total. The Bertz CT molecular complexity index is 975. The summed E-state index contributed by atoms with van der Waals surface area (Å²) in [5, 5.41) is 7.05. The molecule has 29 heavy (non-hydrogen) atoms. The maximum Gasteiger partial charge on any atom is 0.241 e. The van der Waals surface area contributed by atoms with E-state index in [1.165, 1.54) is 0 Å². The zero-order valence-corrected chi connectivity index (χ0v) is 16.8. The number of piperidine rings is 1. The van der Waals surface area contributed by atoms with Crippen molar-refractivity contribution in [2.75, 3.05) is 18.4 Å². The molecule has 1 aliphatic rings. The van der Waals surface area contributed by atoms with Crippen LogP contribution in [-0.2, 0) is 11.3 Å². The molecule has 3 heterocycles. The van der Waals surface area contributed by atoms with Crippen LogP contribution in [0.25, 0.3) is 11.4 Å². The monoisotopic (exact) mass is 391 g/mol. The van der Waals surface area contributed by atoms with Crippen LogP contribution in [0.2, 0.25) is 0 Å². The zero-order chi connectivity index (χ0) is 20.2. The average Bonchev–Trinajstić information content (AvgIpc) is 3.19. The number of anilines is 1. The van der Waals surface area contributed by atoms with Crippen LogP contribution in [0.4, 0.5) is 5.82 Å². The number of rotatable bonds is 5. The molecule has 1 saturated heterocycles. The van der Waals surface area contributed by atoms with Gasteiger partial charge in [0.1, 0.15) is 5.82 Å². The summed E-state index contributed by atoms with van der Waals surface area (Å²) >= 11 is 0. The van der Waals surface area contributed by atoms with Crippen molar-refractivity contribution in [1.82, 2.24) is 20.0 Å². The summed E-state index contributed by atoms with van der Waals surface area (Å²) in [7, 11) is 0. The minimum absolute atomic E-state index is 0.000400. The van der Waals surface area contributed by atoms with Crippen molar-refractivity contribution in [3.8, 4) is 11.4 Å². The van der Waals surface area contributed by atoms with Crippen LogP contribution in [0, 0.1) is 19.8 Å². The lowest BCUT2D eigenvalue weighted by molar-refractivity contribution is -0.121. The van der Waals surface area contributed by atoms with E-state index in [1.54, 1.807) is 6.20 Å². The molecule has 1 amide bonds. The second-order valence-corrected chi connectivity index (χ2v) is 7.59. The van der Waals surface area contributed by atoms with Gasteiger partial charge < -0.3 is 9.84 Å². The highest BCUT2D eigenvalue weighted by atomic mass is 16.5. The Morgan fingerprint density at radius 2 is 1.97 bits per heavy atom. The molecular weight excluding hydrogens is 366 g/mol. The second kappa shape index (κ2) is 8.53. The van der Waals surface area contributed by atoms with E-state index in [1.807, 2.05) is 50.2 Å². The minimum Gasteiger partial charge on any atom is -0.338 e. The number of benzene rings is 1. The van der Waals surface area contributed by atoms with Crippen molar-refractivity contribution in [1.29, 1.82) is 0 Å². The van der Waals surface area contributed by atoms with E-state index >= 15 is 0 Å². The largest absolute Gasteiger partial charge is 0.338 e. The first-order valence-corrected chi connectivity index (χ1v) is 9.93. The molecule has 0 atom stereocenters. The summed E-state index contributed by atoms with van der Waals surface area (Å²) < 4.78 is 5.45. The standard InChI is InChI=1S/C22H25N5O2/c1-15-7-8-19(23-13-15)24-22(28)17-9-11-27(12-10-17)14-20-25-21(26-29-20)18-6-4-3-5-16(18)2/h3-8,13,17H,9-12,14H2,1-2H3,(H,23,24,28). The Kier molecular flexibility index (Phi) is 5.67. The number of carbonyl (C=O) groups is 1. The van der Waals surface area contributed by atoms with Gasteiger partial charge in [0.2, 0.25) is 17.6 Å². The summed E-state index contributed by atoms with van der Waals surface area (Å²) in [4.78, 5) is 23.5. The summed E-state index contributed by atoms with van der Waals surface area (Å²) in [6.45, 7) is 6.25. The highest BCUT2D eigenvalue weighted by Crippen LogP contribution is 2.23. The maximum absolute atomic E-state index is 12.5. The number of likely N-dealkylation sites (tertiary alicyclic amines) is 1. The number of hydrogen-bond donors (Lipinski definition) is 1. The molecule has 0 radical (unpaired) electrons. The van der Waals surface area contributed by atoms with Gasteiger partial charge >= 0.3 is 0 Å². The fraction of sp³-hybridized carbons (Fsp3) is 0.364. The number of nitrogens with zero attached hydrogens (tertiary/aromatic N) is 4. The molecule has 1 N–H and O–H groups in total. The molecule has 0 spiro atoms. The minimum atomic E-state index is -0.000400. The van der Waals surface area contributed by atoms with Gasteiger partial charge in [0.25, 0.3) is 0 Å². The Morgan fingerprint density at radius 1 is 1.17 bits per heavy atom. The van der Waals surface area contributed by atoms with Gasteiger partial charge in [-0.3, -0.25) is 9.69 Å². The Labute approximate surface area is 170 Å². The van der Waals surface area contributed by atoms with Crippen LogP contribution < -0.4 is 5.32 Å². The van der Waals surface area contributed by atoms with Crippen molar-refractivity contribution in [2.45, 2.75) is 33.2 Å². The smallest absolute Gasteiger partial charge is 0.241 e. The second-order valence-electron chi connectivity index (χ2n) is 7.59. The van der Waals surface area contributed by atoms with E-state index < -0.39 is 0 Å². The number of aryl methyl sites for hydroxylation is 2. The van der Waals surface area contributed by atoms with E-state index in [2.05, 4.69) is 25.3 Å². The van der Waals surface area contributed by atoms with Gasteiger partial charge in [0.15, 0.2) is 0 Å². The molecule has 1 aromatic carbocycles. The van der Waals surface area contributed by atoms with Gasteiger partial charge in [0, 0.05) is 17.7 Å². The van der Waals surface area contributed by atoms with Crippen LogP contribution in [0.1, 0.15) is 29.9 Å². The normalized spacial score (nSPS) is 15.4. The van der Waals surface area contributed by atoms with E-state index in [0.29, 0.717) is 24.1 Å². The van der Waals surface area contributed by atoms with Crippen molar-refractivity contribution in [2.24, 2.45) is 5.92 Å². The zero-order valence-electron chi connectivity index (χ0n) is 16.8. The van der Waals surface area contributed by atoms with Crippen molar-refractivity contribution < 1.29 is 9.32 Å². The van der Waals surface area contributed by atoms with Crippen molar-refractivity contribution in [3.63, 3.8) is 0 Å². The highest BCUT2D eigenvalue weighted by Gasteiger charge is 2.26. The Hall–Kier alpha value is -3.06. The lowest BCUT2D eigenvalue weighted by atomic mass is 9.96. The fourth-order valence-corrected chi connectivity index (χ4v) is 3.57. The number of hydrogen-bond acceptors (Lipinski definition) is 6. The fourth-order valence-electron chi connectivity index (χ4n) is 3.57. The first-order chi connectivity index (χ1) is 14.1. The van der Waals surface area contributed by atoms with Gasteiger partial charge in [-0.05, 0) is 57.0 Å². The van der Waals surface area contributed by atoms with E-state index in [9.17, 15) is 4.79 Å². The third-order valence-electron chi connectivity index (χ3n) is 5.33. The third-order valence-corrected chi connectivity index (χ3v) is 5.33. The van der Waals surface area contributed by atoms with Crippen LogP contribution in [0.3, 0.4) is 0 Å². The quantitative estimate of drug-likeness (QED) is 0.715. The van der Waals surface area contributed by atoms with Gasteiger partial charge in [-0.1, -0.05) is 35.5 Å². The van der Waals surface area contributed by atoms with Crippen LogP contribution in [0.15, 0.2) is 47.1 Å². The SMILES string of the molecule is Cc1ccc(NC(=O)C2CCN(Cc3nc(-c4ccccc4C)no3)CC2)nc1. The van der Waals surface area contributed by atoms with Gasteiger partial charge in [-0.15, -0.1) is 0 Å². The molecule has 4 rings (SSSR count). The van der Waals surface area contributed by atoms with E-state index in [0.717, 1.165) is 42.6 Å². The summed E-state index contributed by atoms with van der Waals surface area (Å²) in [6, 6.07) is 11.8. The topological polar surface area (TPSA) is 84.2 Å². The van der Waals surface area contributed by atoms with Gasteiger partial charge in [0.05, 0.1) is 6.54 Å². The predicted octanol–water partition coefficient (Wildman–Crippen LogP) is 3.60. The number of amides is 1. The number of carbonyl (C=O) groups excluding carboxylic acids is 1. The molecular formula is C22H25N5O2. The molecule has 0 aliphatic carbocycles. The van der Waals surface area contributed by atoms with Crippen LogP contribution in [-0.4, -0.2) is 39.0 Å². The molecule has 1 fully saturated rings. The Balaban J connectivity index is 1.29. The predicted molar refractivity (Wildman–Crippen MR) is 110 cm³/mol. The molecule has 7 heteroatoms. The first kappa shape index (κ1) is 19.3. The van der Waals surface area contributed by atoms with Crippen LogP contribution >= 0.6 is 0 Å². The summed E-state index contributed by atoms with van der Waals surface area (Å²) in [5.74, 6) is 1.88.